The average molecular weight is 272 g/mol. The summed E-state index contributed by atoms with van der Waals surface area (Å²) in [5.41, 5.74) is 0. The first-order chi connectivity index (χ1) is 8.61. The second-order valence-electron chi connectivity index (χ2n) is 5.82. The highest BCUT2D eigenvalue weighted by Crippen LogP contribution is 2.34. The Bertz CT molecular complexity index is 400. The Morgan fingerprint density at radius 3 is 2.32 bits per heavy atom. The van der Waals surface area contributed by atoms with Crippen molar-refractivity contribution in [2.45, 2.75) is 64.5 Å². The molecule has 2 heterocycles. The molecule has 108 valence electrons. The van der Waals surface area contributed by atoms with E-state index in [0.29, 0.717) is 0 Å². The van der Waals surface area contributed by atoms with E-state index in [1.165, 1.54) is 6.92 Å². The van der Waals surface area contributed by atoms with Gasteiger partial charge < -0.3 is 18.9 Å². The highest BCUT2D eigenvalue weighted by molar-refractivity contribution is 5.88. The van der Waals surface area contributed by atoms with Gasteiger partial charge in [-0.15, -0.1) is 0 Å². The molecule has 0 aliphatic carbocycles. The van der Waals surface area contributed by atoms with Gasteiger partial charge in [0, 0.05) is 0 Å². The van der Waals surface area contributed by atoms with Crippen LogP contribution >= 0.6 is 0 Å². The van der Waals surface area contributed by atoms with Crippen LogP contribution in [0.3, 0.4) is 0 Å². The van der Waals surface area contributed by atoms with Crippen molar-refractivity contribution in [1.82, 2.24) is 0 Å². The van der Waals surface area contributed by atoms with Crippen LogP contribution in [-0.2, 0) is 28.5 Å². The quantitative estimate of drug-likeness (QED) is 0.741. The van der Waals surface area contributed by atoms with Crippen LogP contribution in [0.2, 0.25) is 0 Å². The molecule has 6 heteroatoms. The van der Waals surface area contributed by atoms with E-state index in [1.54, 1.807) is 27.7 Å². The summed E-state index contributed by atoms with van der Waals surface area (Å²) < 4.78 is 22.1. The van der Waals surface area contributed by atoms with Crippen molar-refractivity contribution >= 4 is 11.6 Å². The molecule has 0 radical (unpaired) electrons. The summed E-state index contributed by atoms with van der Waals surface area (Å²) in [4.78, 5) is 23.6. The van der Waals surface area contributed by atoms with Crippen LogP contribution in [0, 0.1) is 0 Å². The Morgan fingerprint density at radius 2 is 1.74 bits per heavy atom. The third kappa shape index (κ3) is 3.02. The van der Waals surface area contributed by atoms with Gasteiger partial charge in [-0.25, -0.2) is 0 Å². The zero-order chi connectivity index (χ0) is 14.4. The summed E-state index contributed by atoms with van der Waals surface area (Å²) in [6.45, 7) is 8.21. The number of hydrogen-bond acceptors (Lipinski definition) is 6. The molecule has 19 heavy (non-hydrogen) atoms. The lowest BCUT2D eigenvalue weighted by Gasteiger charge is -2.37. The largest absolute Gasteiger partial charge is 0.343 e. The number of carbonyl (C=O) groups excluding carboxylic acids is 2. The number of ether oxygens (including phenoxy) is 4. The van der Waals surface area contributed by atoms with Gasteiger partial charge in [0.05, 0.1) is 0 Å². The van der Waals surface area contributed by atoms with Crippen LogP contribution in [0.5, 0.6) is 0 Å². The smallest absolute Gasteiger partial charge is 0.190 e. The molecular formula is C13H20O6. The molecule has 3 atom stereocenters. The van der Waals surface area contributed by atoms with Crippen LogP contribution in [0.1, 0.15) is 34.6 Å². The molecule has 0 bridgehead atoms. The Hall–Kier alpha value is -0.820. The van der Waals surface area contributed by atoms with Crippen molar-refractivity contribution in [3.63, 3.8) is 0 Å². The van der Waals surface area contributed by atoms with Crippen LogP contribution in [-0.4, -0.2) is 48.1 Å². The fourth-order valence-electron chi connectivity index (χ4n) is 2.31. The van der Waals surface area contributed by atoms with E-state index in [0.717, 1.165) is 0 Å². The highest BCUT2D eigenvalue weighted by atomic mass is 16.8. The van der Waals surface area contributed by atoms with E-state index in [4.69, 9.17) is 18.9 Å². The average Bonchev–Trinajstić information content (AvgIpc) is 2.58. The van der Waals surface area contributed by atoms with Crippen molar-refractivity contribution in [3.8, 4) is 0 Å². The van der Waals surface area contributed by atoms with E-state index < -0.39 is 29.9 Å². The van der Waals surface area contributed by atoms with Gasteiger partial charge in [-0.3, -0.25) is 9.59 Å². The lowest BCUT2D eigenvalue weighted by Crippen LogP contribution is -2.54. The maximum absolute atomic E-state index is 12.0. The van der Waals surface area contributed by atoms with Crippen LogP contribution in [0.15, 0.2) is 0 Å². The van der Waals surface area contributed by atoms with Gasteiger partial charge in [-0.2, -0.15) is 0 Å². The second-order valence-corrected chi connectivity index (χ2v) is 5.82. The first-order valence-electron chi connectivity index (χ1n) is 6.32. The summed E-state index contributed by atoms with van der Waals surface area (Å²) in [5.74, 6) is -2.21. The molecule has 0 unspecified atom stereocenters. The molecule has 0 saturated carbocycles. The molecule has 0 spiro atoms. The lowest BCUT2D eigenvalue weighted by molar-refractivity contribution is -0.275. The molecule has 0 aromatic rings. The summed E-state index contributed by atoms with van der Waals surface area (Å²) in [6.07, 6.45) is -2.37. The van der Waals surface area contributed by atoms with Crippen molar-refractivity contribution in [2.24, 2.45) is 0 Å². The summed E-state index contributed by atoms with van der Waals surface area (Å²) in [7, 11) is 0. The zero-order valence-corrected chi connectivity index (χ0v) is 11.9. The molecule has 2 rings (SSSR count). The Labute approximate surface area is 112 Å². The number of hydrogen-bond donors (Lipinski definition) is 0. The minimum Gasteiger partial charge on any atom is -0.343 e. The van der Waals surface area contributed by atoms with Gasteiger partial charge in [0.1, 0.15) is 18.8 Å². The van der Waals surface area contributed by atoms with E-state index in [9.17, 15) is 9.59 Å². The maximum Gasteiger partial charge on any atom is 0.190 e. The molecule has 6 nitrogen and oxygen atoms in total. The Balaban J connectivity index is 2.23. The fourth-order valence-corrected chi connectivity index (χ4v) is 2.31. The molecule has 2 aliphatic heterocycles. The molecule has 0 aromatic carbocycles. The molecule has 0 N–H and O–H groups in total. The van der Waals surface area contributed by atoms with Crippen molar-refractivity contribution in [2.75, 3.05) is 6.61 Å². The Kier molecular flexibility index (Phi) is 3.55. The third-order valence-electron chi connectivity index (χ3n) is 3.12. The van der Waals surface area contributed by atoms with Crippen LogP contribution in [0.25, 0.3) is 0 Å². The van der Waals surface area contributed by atoms with Crippen LogP contribution in [0.4, 0.5) is 0 Å². The van der Waals surface area contributed by atoms with E-state index >= 15 is 0 Å². The molecular weight excluding hydrogens is 252 g/mol. The van der Waals surface area contributed by atoms with Gasteiger partial charge in [0.2, 0.25) is 0 Å². The minimum absolute atomic E-state index is 0.0530. The Morgan fingerprint density at radius 1 is 1.11 bits per heavy atom. The van der Waals surface area contributed by atoms with Crippen molar-refractivity contribution < 1.29 is 28.5 Å². The summed E-state index contributed by atoms with van der Waals surface area (Å²) in [6, 6.07) is 0. The first kappa shape index (κ1) is 14.6. The van der Waals surface area contributed by atoms with Gasteiger partial charge in [-0.05, 0) is 34.6 Å². The van der Waals surface area contributed by atoms with Crippen molar-refractivity contribution in [3.05, 3.63) is 0 Å². The monoisotopic (exact) mass is 272 g/mol. The molecule has 2 aliphatic rings. The fraction of sp³-hybridized carbons (Fsp3) is 0.846. The standard InChI is InChI=1S/C13H20O6/c1-7(14)9-11(19-13(4,5)17-9)10-8(15)6-16-12(2,3)18-10/h9-11H,6H2,1-5H3/t9-,10-,11-/m1/s1. The zero-order valence-electron chi connectivity index (χ0n) is 11.9. The molecule has 0 aromatic heterocycles. The molecule has 2 saturated heterocycles. The maximum atomic E-state index is 12.0. The second kappa shape index (κ2) is 4.63. The molecule has 2 fully saturated rings. The predicted molar refractivity (Wildman–Crippen MR) is 64.4 cm³/mol. The van der Waals surface area contributed by atoms with Gasteiger partial charge >= 0.3 is 0 Å². The third-order valence-corrected chi connectivity index (χ3v) is 3.12. The number of carbonyl (C=O) groups is 2. The highest BCUT2D eigenvalue weighted by Gasteiger charge is 2.52. The van der Waals surface area contributed by atoms with Crippen LogP contribution < -0.4 is 0 Å². The number of Topliss-reactive ketones (excluding diaryl/α,β-unsaturated/α-hetero) is 2. The van der Waals surface area contributed by atoms with E-state index in [1.807, 2.05) is 0 Å². The summed E-state index contributed by atoms with van der Waals surface area (Å²) in [5, 5.41) is 0. The van der Waals surface area contributed by atoms with E-state index in [2.05, 4.69) is 0 Å². The van der Waals surface area contributed by atoms with Gasteiger partial charge in [0.15, 0.2) is 29.2 Å². The topological polar surface area (TPSA) is 71.1 Å². The van der Waals surface area contributed by atoms with Crippen molar-refractivity contribution in [1.29, 1.82) is 0 Å². The normalized spacial score (nSPS) is 37.3. The van der Waals surface area contributed by atoms with E-state index in [-0.39, 0.29) is 18.2 Å². The molecule has 0 amide bonds. The predicted octanol–water partition coefficient (Wildman–Crippen LogP) is 0.816. The first-order valence-corrected chi connectivity index (χ1v) is 6.32. The SMILES string of the molecule is CC(=O)[C@H]1OC(C)(C)O[C@H]1[C@@H]1OC(C)(C)OCC1=O. The lowest BCUT2D eigenvalue weighted by atomic mass is 10.0. The van der Waals surface area contributed by atoms with Gasteiger partial charge in [-0.1, -0.05) is 0 Å². The number of ketones is 2. The summed E-state index contributed by atoms with van der Waals surface area (Å²) >= 11 is 0. The minimum atomic E-state index is -0.910. The number of rotatable bonds is 2. The van der Waals surface area contributed by atoms with Gasteiger partial charge in [0.25, 0.3) is 0 Å².